The first kappa shape index (κ1) is 19.4. The number of hydrogen-bond acceptors (Lipinski definition) is 3. The number of hydrogen-bond donors (Lipinski definition) is 1. The lowest BCUT2D eigenvalue weighted by molar-refractivity contribution is -0.148. The standard InChI is InChI=1S/C12H23NO2.2ClH/c1-3-10(12(14)15-4-2)9-11-7-5-6-8-13-11;;/h10-11,13H,3-9H2,1-2H3;2*1H. The van der Waals surface area contributed by atoms with Gasteiger partial charge in [-0.2, -0.15) is 0 Å². The molecule has 0 aromatic carbocycles. The molecule has 2 atom stereocenters. The van der Waals surface area contributed by atoms with E-state index in [4.69, 9.17) is 4.74 Å². The maximum absolute atomic E-state index is 11.6. The zero-order chi connectivity index (χ0) is 11.1. The number of piperidine rings is 1. The summed E-state index contributed by atoms with van der Waals surface area (Å²) in [5.41, 5.74) is 0. The van der Waals surface area contributed by atoms with Gasteiger partial charge in [0.1, 0.15) is 0 Å². The SMILES string of the molecule is CCOC(=O)C(CC)CC1CCCCN1.Cl.Cl. The van der Waals surface area contributed by atoms with Gasteiger partial charge in [0.2, 0.25) is 0 Å². The lowest BCUT2D eigenvalue weighted by atomic mass is 9.92. The number of halogens is 2. The number of esters is 1. The molecule has 1 rings (SSSR count). The lowest BCUT2D eigenvalue weighted by Gasteiger charge is -2.26. The summed E-state index contributed by atoms with van der Waals surface area (Å²) in [6.07, 6.45) is 5.59. The van der Waals surface area contributed by atoms with Crippen molar-refractivity contribution in [1.29, 1.82) is 0 Å². The molecule has 0 aromatic rings. The number of carbonyl (C=O) groups is 1. The Bertz CT molecular complexity index is 197. The van der Waals surface area contributed by atoms with Gasteiger partial charge in [0.25, 0.3) is 0 Å². The topological polar surface area (TPSA) is 38.3 Å². The Balaban J connectivity index is 0. The molecule has 2 unspecified atom stereocenters. The molecule has 5 heteroatoms. The smallest absolute Gasteiger partial charge is 0.308 e. The molecule has 0 amide bonds. The highest BCUT2D eigenvalue weighted by atomic mass is 35.5. The van der Waals surface area contributed by atoms with Gasteiger partial charge in [-0.1, -0.05) is 13.3 Å². The second-order valence-electron chi connectivity index (χ2n) is 4.24. The van der Waals surface area contributed by atoms with Crippen LogP contribution in [0.5, 0.6) is 0 Å². The molecule has 1 saturated heterocycles. The molecule has 1 aliphatic heterocycles. The van der Waals surface area contributed by atoms with Gasteiger partial charge in [-0.25, -0.2) is 0 Å². The second-order valence-corrected chi connectivity index (χ2v) is 4.24. The minimum absolute atomic E-state index is 0. The van der Waals surface area contributed by atoms with E-state index in [-0.39, 0.29) is 36.7 Å². The fraction of sp³-hybridized carbons (Fsp3) is 0.917. The van der Waals surface area contributed by atoms with Crippen molar-refractivity contribution in [2.45, 2.75) is 52.0 Å². The van der Waals surface area contributed by atoms with E-state index in [9.17, 15) is 4.79 Å². The van der Waals surface area contributed by atoms with Crippen molar-refractivity contribution < 1.29 is 9.53 Å². The van der Waals surface area contributed by atoms with E-state index in [1.165, 1.54) is 19.3 Å². The number of ether oxygens (including phenoxy) is 1. The first-order valence-corrected chi connectivity index (χ1v) is 6.18. The largest absolute Gasteiger partial charge is 0.466 e. The van der Waals surface area contributed by atoms with Crippen LogP contribution in [0.1, 0.15) is 46.0 Å². The van der Waals surface area contributed by atoms with Crippen molar-refractivity contribution in [2.75, 3.05) is 13.2 Å². The molecule has 17 heavy (non-hydrogen) atoms. The van der Waals surface area contributed by atoms with Crippen LogP contribution in [0.4, 0.5) is 0 Å². The van der Waals surface area contributed by atoms with Crippen LogP contribution in [0, 0.1) is 5.92 Å². The summed E-state index contributed by atoms with van der Waals surface area (Å²) < 4.78 is 5.07. The van der Waals surface area contributed by atoms with Crippen LogP contribution in [0.3, 0.4) is 0 Å². The van der Waals surface area contributed by atoms with E-state index in [2.05, 4.69) is 12.2 Å². The first-order valence-electron chi connectivity index (χ1n) is 6.18. The molecule has 0 spiro atoms. The molecular formula is C12H25Cl2NO2. The highest BCUT2D eigenvalue weighted by molar-refractivity contribution is 5.85. The fourth-order valence-electron chi connectivity index (χ4n) is 2.16. The van der Waals surface area contributed by atoms with E-state index < -0.39 is 0 Å². The summed E-state index contributed by atoms with van der Waals surface area (Å²) in [4.78, 5) is 11.6. The molecule has 1 aliphatic rings. The average molecular weight is 286 g/mol. The third kappa shape index (κ3) is 7.12. The normalized spacial score (nSPS) is 20.7. The first-order chi connectivity index (χ1) is 7.27. The van der Waals surface area contributed by atoms with Crippen LogP contribution >= 0.6 is 24.8 Å². The molecule has 0 aliphatic carbocycles. The number of rotatable bonds is 5. The van der Waals surface area contributed by atoms with Gasteiger partial charge in [-0.3, -0.25) is 4.79 Å². The maximum atomic E-state index is 11.6. The molecule has 0 aromatic heterocycles. The fourth-order valence-corrected chi connectivity index (χ4v) is 2.16. The van der Waals surface area contributed by atoms with E-state index in [1.54, 1.807) is 0 Å². The van der Waals surface area contributed by atoms with Crippen molar-refractivity contribution in [3.63, 3.8) is 0 Å². The highest BCUT2D eigenvalue weighted by Gasteiger charge is 2.23. The molecule has 3 nitrogen and oxygen atoms in total. The van der Waals surface area contributed by atoms with Crippen LogP contribution in [-0.4, -0.2) is 25.2 Å². The van der Waals surface area contributed by atoms with Crippen LogP contribution < -0.4 is 5.32 Å². The quantitative estimate of drug-likeness (QED) is 0.790. The van der Waals surface area contributed by atoms with Crippen molar-refractivity contribution >= 4 is 30.8 Å². The van der Waals surface area contributed by atoms with Crippen LogP contribution in [0.25, 0.3) is 0 Å². The molecule has 0 radical (unpaired) electrons. The minimum Gasteiger partial charge on any atom is -0.466 e. The Morgan fingerprint density at radius 2 is 2.06 bits per heavy atom. The summed E-state index contributed by atoms with van der Waals surface area (Å²) in [7, 11) is 0. The number of carbonyl (C=O) groups excluding carboxylic acids is 1. The number of nitrogens with one attached hydrogen (secondary N) is 1. The van der Waals surface area contributed by atoms with Gasteiger partial charge in [0, 0.05) is 6.04 Å². The van der Waals surface area contributed by atoms with Gasteiger partial charge >= 0.3 is 5.97 Å². The van der Waals surface area contributed by atoms with Crippen molar-refractivity contribution in [1.82, 2.24) is 5.32 Å². The van der Waals surface area contributed by atoms with Crippen LogP contribution in [0.2, 0.25) is 0 Å². The van der Waals surface area contributed by atoms with Crippen molar-refractivity contribution in [3.8, 4) is 0 Å². The van der Waals surface area contributed by atoms with Gasteiger partial charge < -0.3 is 10.1 Å². The van der Waals surface area contributed by atoms with Crippen molar-refractivity contribution in [2.24, 2.45) is 5.92 Å². The van der Waals surface area contributed by atoms with Crippen LogP contribution in [-0.2, 0) is 9.53 Å². The summed E-state index contributed by atoms with van der Waals surface area (Å²) >= 11 is 0. The molecule has 104 valence electrons. The van der Waals surface area contributed by atoms with Crippen molar-refractivity contribution in [3.05, 3.63) is 0 Å². The molecule has 0 bridgehead atoms. The predicted octanol–water partition coefficient (Wildman–Crippen LogP) is 2.95. The zero-order valence-corrected chi connectivity index (χ0v) is 12.4. The minimum atomic E-state index is -0.0210. The van der Waals surface area contributed by atoms with E-state index in [0.29, 0.717) is 12.6 Å². The molecule has 0 saturated carbocycles. The molecular weight excluding hydrogens is 261 g/mol. The molecule has 1 fully saturated rings. The third-order valence-electron chi connectivity index (χ3n) is 3.09. The Hall–Kier alpha value is 0.01000. The van der Waals surface area contributed by atoms with Gasteiger partial charge in [-0.05, 0) is 39.2 Å². The lowest BCUT2D eigenvalue weighted by Crippen LogP contribution is -2.37. The summed E-state index contributed by atoms with van der Waals surface area (Å²) in [6, 6.07) is 0.521. The third-order valence-corrected chi connectivity index (χ3v) is 3.09. The summed E-state index contributed by atoms with van der Waals surface area (Å²) in [5.74, 6) is 0.0629. The zero-order valence-electron chi connectivity index (χ0n) is 10.7. The summed E-state index contributed by atoms with van der Waals surface area (Å²) in [5, 5.41) is 3.47. The van der Waals surface area contributed by atoms with Gasteiger partial charge in [-0.15, -0.1) is 24.8 Å². The highest BCUT2D eigenvalue weighted by Crippen LogP contribution is 2.18. The Morgan fingerprint density at radius 1 is 1.35 bits per heavy atom. The summed E-state index contributed by atoms with van der Waals surface area (Å²) in [6.45, 7) is 5.52. The average Bonchev–Trinajstić information content (AvgIpc) is 2.27. The van der Waals surface area contributed by atoms with E-state index in [0.717, 1.165) is 19.4 Å². The van der Waals surface area contributed by atoms with Crippen LogP contribution in [0.15, 0.2) is 0 Å². The van der Waals surface area contributed by atoms with E-state index >= 15 is 0 Å². The molecule has 1 heterocycles. The Labute approximate surface area is 117 Å². The second kappa shape index (κ2) is 11.1. The Morgan fingerprint density at radius 3 is 2.53 bits per heavy atom. The Kier molecular flexibility index (Phi) is 12.7. The maximum Gasteiger partial charge on any atom is 0.308 e. The predicted molar refractivity (Wildman–Crippen MR) is 75.2 cm³/mol. The van der Waals surface area contributed by atoms with Gasteiger partial charge in [0.15, 0.2) is 0 Å². The van der Waals surface area contributed by atoms with E-state index in [1.807, 2.05) is 6.92 Å². The monoisotopic (exact) mass is 285 g/mol. The molecule has 1 N–H and O–H groups in total. The van der Waals surface area contributed by atoms with Gasteiger partial charge in [0.05, 0.1) is 12.5 Å².